The van der Waals surface area contributed by atoms with Crippen LogP contribution >= 0.6 is 0 Å². The first kappa shape index (κ1) is 65.3. The van der Waals surface area contributed by atoms with Gasteiger partial charge in [-0.1, -0.05) is 221 Å². The number of carbonyl (C=O) groups excluding carboxylic acids is 3. The van der Waals surface area contributed by atoms with Crippen molar-refractivity contribution in [1.29, 1.82) is 0 Å². The van der Waals surface area contributed by atoms with Crippen molar-refractivity contribution in [3.63, 3.8) is 0 Å². The Morgan fingerprint density at radius 1 is 0.304 bits per heavy atom. The van der Waals surface area contributed by atoms with Gasteiger partial charge >= 0.3 is 17.9 Å². The van der Waals surface area contributed by atoms with Crippen LogP contribution in [0.25, 0.3) is 0 Å². The van der Waals surface area contributed by atoms with E-state index in [9.17, 15) is 14.4 Å². The Kier molecular flexibility index (Phi) is 53.9. The van der Waals surface area contributed by atoms with Crippen molar-refractivity contribution >= 4 is 17.9 Å². The summed E-state index contributed by atoms with van der Waals surface area (Å²) in [7, 11) is 0. The monoisotopic (exact) mass is 959 g/mol. The minimum absolute atomic E-state index is 0.0918. The Labute approximate surface area is 426 Å². The molecule has 0 saturated carbocycles. The molecule has 0 aliphatic heterocycles. The molecule has 6 nitrogen and oxygen atoms in total. The maximum atomic E-state index is 12.9. The van der Waals surface area contributed by atoms with Crippen LogP contribution in [0.1, 0.15) is 265 Å². The number of rotatable bonds is 51. The lowest BCUT2D eigenvalue weighted by Crippen LogP contribution is -2.30. The van der Waals surface area contributed by atoms with Gasteiger partial charge < -0.3 is 14.2 Å². The molecule has 0 heterocycles. The van der Waals surface area contributed by atoms with Gasteiger partial charge in [-0.15, -0.1) is 0 Å². The van der Waals surface area contributed by atoms with Crippen molar-refractivity contribution in [1.82, 2.24) is 0 Å². The molecule has 394 valence electrons. The summed E-state index contributed by atoms with van der Waals surface area (Å²) in [5.74, 6) is -0.924. The van der Waals surface area contributed by atoms with Crippen LogP contribution in [0.4, 0.5) is 0 Å². The summed E-state index contributed by atoms with van der Waals surface area (Å²) < 4.78 is 16.8. The van der Waals surface area contributed by atoms with E-state index in [4.69, 9.17) is 14.2 Å². The van der Waals surface area contributed by atoms with Crippen molar-refractivity contribution in [2.24, 2.45) is 0 Å². The van der Waals surface area contributed by atoms with E-state index in [1.165, 1.54) is 96.3 Å². The zero-order valence-corrected chi connectivity index (χ0v) is 45.0. The number of allylic oxidation sites excluding steroid dienone is 16. The molecule has 0 saturated heterocycles. The first-order valence-corrected chi connectivity index (χ1v) is 28.7. The number of carbonyl (C=O) groups is 3. The molecule has 1 atom stereocenters. The Morgan fingerprint density at radius 3 is 0.928 bits per heavy atom. The van der Waals surface area contributed by atoms with E-state index in [0.717, 1.165) is 128 Å². The molecule has 0 fully saturated rings. The fourth-order valence-corrected chi connectivity index (χ4v) is 7.73. The van der Waals surface area contributed by atoms with Gasteiger partial charge in [0.2, 0.25) is 0 Å². The standard InChI is InChI=1S/C63H106O6/c1-4-7-10-13-16-19-22-25-27-29-30-31-32-34-35-38-41-44-47-50-53-56-62(65)68-59-60(58-67-61(64)55-52-49-46-43-40-37-24-21-18-15-12-9-6-3)69-63(66)57-54-51-48-45-42-39-36-33-28-26-23-20-17-14-11-8-5-2/h7,10,16-17,19-21,24-28,30-31,34-35,60H,4-6,8-9,11-15,18,22-23,29,32-33,36-59H2,1-3H3/b10-7-,19-16-,20-17-,24-21-,27-25-,28-26-,31-30-,35-34-. The Morgan fingerprint density at radius 2 is 0.565 bits per heavy atom. The summed E-state index contributed by atoms with van der Waals surface area (Å²) >= 11 is 0. The molecule has 0 amide bonds. The summed E-state index contributed by atoms with van der Waals surface area (Å²) in [4.78, 5) is 38.2. The molecule has 0 radical (unpaired) electrons. The molecule has 69 heavy (non-hydrogen) atoms. The predicted octanol–water partition coefficient (Wildman–Crippen LogP) is 19.3. The lowest BCUT2D eigenvalue weighted by Gasteiger charge is -2.18. The number of ether oxygens (including phenoxy) is 3. The first-order valence-electron chi connectivity index (χ1n) is 28.7. The van der Waals surface area contributed by atoms with E-state index in [-0.39, 0.29) is 31.1 Å². The van der Waals surface area contributed by atoms with Gasteiger partial charge in [0.15, 0.2) is 6.10 Å². The minimum Gasteiger partial charge on any atom is -0.462 e. The molecular formula is C63H106O6. The summed E-state index contributed by atoms with van der Waals surface area (Å²) in [6.07, 6.45) is 75.3. The molecule has 0 aromatic rings. The Bertz CT molecular complexity index is 1380. The van der Waals surface area contributed by atoms with Gasteiger partial charge in [-0.05, 0) is 122 Å². The molecular weight excluding hydrogens is 853 g/mol. The van der Waals surface area contributed by atoms with Crippen LogP contribution < -0.4 is 0 Å². The molecule has 0 bridgehead atoms. The Balaban J connectivity index is 4.43. The molecule has 0 rings (SSSR count). The van der Waals surface area contributed by atoms with Crippen LogP contribution in [0.15, 0.2) is 97.2 Å². The zero-order valence-electron chi connectivity index (χ0n) is 45.0. The summed E-state index contributed by atoms with van der Waals surface area (Å²) in [5, 5.41) is 0. The quantitative estimate of drug-likeness (QED) is 0.0262. The third kappa shape index (κ3) is 55.1. The largest absolute Gasteiger partial charge is 0.462 e. The van der Waals surface area contributed by atoms with Gasteiger partial charge in [0.25, 0.3) is 0 Å². The molecule has 1 unspecified atom stereocenters. The van der Waals surface area contributed by atoms with Crippen LogP contribution in [0.3, 0.4) is 0 Å². The molecule has 0 aromatic heterocycles. The highest BCUT2D eigenvalue weighted by atomic mass is 16.6. The highest BCUT2D eigenvalue weighted by Gasteiger charge is 2.19. The summed E-state index contributed by atoms with van der Waals surface area (Å²) in [5.41, 5.74) is 0. The third-order valence-electron chi connectivity index (χ3n) is 12.0. The van der Waals surface area contributed by atoms with Crippen LogP contribution in [0, 0.1) is 0 Å². The van der Waals surface area contributed by atoms with Gasteiger partial charge in [0.1, 0.15) is 13.2 Å². The maximum Gasteiger partial charge on any atom is 0.306 e. The zero-order chi connectivity index (χ0) is 50.0. The van der Waals surface area contributed by atoms with Crippen molar-refractivity contribution in [3.8, 4) is 0 Å². The molecule has 0 aliphatic rings. The highest BCUT2D eigenvalue weighted by molar-refractivity contribution is 5.71. The van der Waals surface area contributed by atoms with E-state index in [1.807, 2.05) is 0 Å². The maximum absolute atomic E-state index is 12.9. The number of hydrogen-bond donors (Lipinski definition) is 0. The fraction of sp³-hybridized carbons (Fsp3) is 0.698. The average Bonchev–Trinajstić information content (AvgIpc) is 3.35. The van der Waals surface area contributed by atoms with Crippen molar-refractivity contribution in [2.45, 2.75) is 271 Å². The van der Waals surface area contributed by atoms with Gasteiger partial charge in [0, 0.05) is 19.3 Å². The van der Waals surface area contributed by atoms with Crippen molar-refractivity contribution in [3.05, 3.63) is 97.2 Å². The van der Waals surface area contributed by atoms with E-state index in [1.54, 1.807) is 0 Å². The summed E-state index contributed by atoms with van der Waals surface area (Å²) in [6.45, 7) is 6.46. The van der Waals surface area contributed by atoms with E-state index >= 15 is 0 Å². The predicted molar refractivity (Wildman–Crippen MR) is 297 cm³/mol. The van der Waals surface area contributed by atoms with Gasteiger partial charge in [-0.2, -0.15) is 0 Å². The fourth-order valence-electron chi connectivity index (χ4n) is 7.73. The topological polar surface area (TPSA) is 78.9 Å². The smallest absolute Gasteiger partial charge is 0.306 e. The first-order chi connectivity index (χ1) is 34.0. The normalized spacial score (nSPS) is 12.8. The van der Waals surface area contributed by atoms with Crippen LogP contribution in [-0.2, 0) is 28.6 Å². The molecule has 0 aliphatic carbocycles. The molecule has 0 aromatic carbocycles. The second-order valence-electron chi connectivity index (χ2n) is 18.8. The number of hydrogen-bond acceptors (Lipinski definition) is 6. The molecule has 6 heteroatoms. The molecule has 0 N–H and O–H groups in total. The minimum atomic E-state index is -0.795. The second kappa shape index (κ2) is 56.9. The number of esters is 3. The number of unbranched alkanes of at least 4 members (excludes halogenated alkanes) is 24. The second-order valence-corrected chi connectivity index (χ2v) is 18.8. The lowest BCUT2D eigenvalue weighted by molar-refractivity contribution is -0.167. The lowest BCUT2D eigenvalue weighted by atomic mass is 10.1. The summed E-state index contributed by atoms with van der Waals surface area (Å²) in [6, 6.07) is 0. The van der Waals surface area contributed by atoms with Gasteiger partial charge in [-0.25, -0.2) is 0 Å². The van der Waals surface area contributed by atoms with Gasteiger partial charge in [0.05, 0.1) is 0 Å². The van der Waals surface area contributed by atoms with E-state index in [2.05, 4.69) is 118 Å². The molecule has 0 spiro atoms. The Hall–Kier alpha value is -3.67. The SMILES string of the molecule is CC/C=C\C/C=C\C/C=C\C/C=C\C/C=C\CCCCCCCC(=O)OCC(COC(=O)CCCCCCC/C=C\CCCCCC)OC(=O)CCCCCCCCC/C=C\C/C=C\CCCCC. The highest BCUT2D eigenvalue weighted by Crippen LogP contribution is 2.14. The van der Waals surface area contributed by atoms with Crippen molar-refractivity contribution in [2.75, 3.05) is 13.2 Å². The third-order valence-corrected chi connectivity index (χ3v) is 12.0. The van der Waals surface area contributed by atoms with Crippen molar-refractivity contribution < 1.29 is 28.6 Å². The van der Waals surface area contributed by atoms with E-state index in [0.29, 0.717) is 19.3 Å². The van der Waals surface area contributed by atoms with Crippen LogP contribution in [0.5, 0.6) is 0 Å². The van der Waals surface area contributed by atoms with Crippen LogP contribution in [0.2, 0.25) is 0 Å². The average molecular weight is 960 g/mol. The van der Waals surface area contributed by atoms with E-state index < -0.39 is 6.10 Å². The van der Waals surface area contributed by atoms with Gasteiger partial charge in [-0.3, -0.25) is 14.4 Å². The van der Waals surface area contributed by atoms with Crippen LogP contribution in [-0.4, -0.2) is 37.2 Å².